The molecule has 0 radical (unpaired) electrons. The molecule has 4 N–H and O–H groups in total. The second-order valence-corrected chi connectivity index (χ2v) is 5.73. The highest BCUT2D eigenvalue weighted by Gasteiger charge is 2.05. The zero-order valence-corrected chi connectivity index (χ0v) is 13.8. The van der Waals surface area contributed by atoms with Crippen LogP contribution in [0.2, 0.25) is 0 Å². The van der Waals surface area contributed by atoms with Crippen LogP contribution in [0.4, 0.5) is 5.95 Å². The predicted octanol–water partition coefficient (Wildman–Crippen LogP) is 2.20. The third-order valence-electron chi connectivity index (χ3n) is 3.53. The summed E-state index contributed by atoms with van der Waals surface area (Å²) in [6, 6.07) is 8.46. The molecule has 0 bridgehead atoms. The van der Waals surface area contributed by atoms with E-state index in [0.29, 0.717) is 5.95 Å². The van der Waals surface area contributed by atoms with Gasteiger partial charge in [0, 0.05) is 17.9 Å². The van der Waals surface area contributed by atoms with Crippen LogP contribution < -0.4 is 16.4 Å². The highest BCUT2D eigenvalue weighted by molar-refractivity contribution is 5.31. The van der Waals surface area contributed by atoms with Crippen molar-refractivity contribution >= 4 is 5.95 Å². The quantitative estimate of drug-likeness (QED) is 0.713. The van der Waals surface area contributed by atoms with Crippen LogP contribution in [0, 0.1) is 27.7 Å². The molecule has 1 atom stereocenters. The molecular weight excluding hydrogens is 274 g/mol. The normalized spacial score (nSPS) is 12.2. The molecule has 1 unspecified atom stereocenters. The van der Waals surface area contributed by atoms with Crippen molar-refractivity contribution in [1.29, 1.82) is 0 Å². The summed E-state index contributed by atoms with van der Waals surface area (Å²) in [6.45, 7) is 8.93. The van der Waals surface area contributed by atoms with Gasteiger partial charge in [-0.2, -0.15) is 0 Å². The highest BCUT2D eigenvalue weighted by atomic mass is 15.3. The summed E-state index contributed by atoms with van der Waals surface area (Å²) < 4.78 is 0. The van der Waals surface area contributed by atoms with Crippen molar-refractivity contribution < 1.29 is 0 Å². The number of rotatable bonds is 6. The molecule has 2 rings (SSSR count). The Bertz CT molecular complexity index is 619. The largest absolute Gasteiger partial charge is 0.326 e. The number of nitrogens with zero attached hydrogens (tertiary/aromatic N) is 2. The van der Waals surface area contributed by atoms with Crippen molar-refractivity contribution in [3.8, 4) is 0 Å². The Morgan fingerprint density at radius 2 is 1.73 bits per heavy atom. The van der Waals surface area contributed by atoms with E-state index in [1.165, 1.54) is 16.7 Å². The van der Waals surface area contributed by atoms with Crippen LogP contribution in [0.1, 0.15) is 28.1 Å². The fraction of sp³-hybridized carbons (Fsp3) is 0.412. The Morgan fingerprint density at radius 3 is 2.41 bits per heavy atom. The lowest BCUT2D eigenvalue weighted by Crippen LogP contribution is -2.45. The van der Waals surface area contributed by atoms with Crippen molar-refractivity contribution in [1.82, 2.24) is 15.3 Å². The van der Waals surface area contributed by atoms with Gasteiger partial charge in [0.15, 0.2) is 0 Å². The first-order valence-electron chi connectivity index (χ1n) is 7.58. The minimum Gasteiger partial charge on any atom is -0.326 e. The van der Waals surface area contributed by atoms with Crippen LogP contribution in [0.5, 0.6) is 0 Å². The summed E-state index contributed by atoms with van der Waals surface area (Å²) in [6.07, 6.45) is 0.572. The molecule has 2 aromatic rings. The summed E-state index contributed by atoms with van der Waals surface area (Å²) in [5.41, 5.74) is 11.8. The van der Waals surface area contributed by atoms with Gasteiger partial charge in [-0.3, -0.25) is 11.1 Å². The number of benzene rings is 1. The van der Waals surface area contributed by atoms with Crippen LogP contribution in [-0.4, -0.2) is 22.8 Å². The third-order valence-corrected chi connectivity index (χ3v) is 3.53. The van der Waals surface area contributed by atoms with Gasteiger partial charge in [-0.25, -0.2) is 9.97 Å². The molecule has 0 saturated heterocycles. The van der Waals surface area contributed by atoms with E-state index >= 15 is 0 Å². The van der Waals surface area contributed by atoms with Gasteiger partial charge in [0.2, 0.25) is 5.95 Å². The molecule has 0 aliphatic heterocycles. The predicted molar refractivity (Wildman–Crippen MR) is 90.7 cm³/mol. The summed E-state index contributed by atoms with van der Waals surface area (Å²) in [7, 11) is 0. The molecule has 22 heavy (non-hydrogen) atoms. The highest BCUT2D eigenvalue weighted by Crippen LogP contribution is 2.11. The number of anilines is 1. The summed E-state index contributed by atoms with van der Waals surface area (Å²) in [5.74, 6) is 0.559. The Balaban J connectivity index is 1.85. The van der Waals surface area contributed by atoms with Crippen molar-refractivity contribution in [3.63, 3.8) is 0 Å². The van der Waals surface area contributed by atoms with E-state index in [2.05, 4.69) is 52.6 Å². The minimum absolute atomic E-state index is 0.369. The molecule has 0 fully saturated rings. The second kappa shape index (κ2) is 7.33. The lowest BCUT2D eigenvalue weighted by Gasteiger charge is -2.16. The van der Waals surface area contributed by atoms with Crippen LogP contribution in [0.25, 0.3) is 0 Å². The molecule has 1 heterocycles. The van der Waals surface area contributed by atoms with E-state index in [9.17, 15) is 0 Å². The Kier molecular flexibility index (Phi) is 5.46. The van der Waals surface area contributed by atoms with Crippen LogP contribution in [0.3, 0.4) is 0 Å². The molecule has 0 spiro atoms. The van der Waals surface area contributed by atoms with E-state index in [-0.39, 0.29) is 6.29 Å². The fourth-order valence-electron chi connectivity index (χ4n) is 2.41. The average molecular weight is 299 g/mol. The van der Waals surface area contributed by atoms with Crippen LogP contribution in [-0.2, 0) is 6.42 Å². The van der Waals surface area contributed by atoms with Gasteiger partial charge in [-0.05, 0) is 51.3 Å². The second-order valence-electron chi connectivity index (χ2n) is 5.73. The molecule has 0 saturated carbocycles. The first kappa shape index (κ1) is 16.4. The zero-order chi connectivity index (χ0) is 16.1. The lowest BCUT2D eigenvalue weighted by atomic mass is 10.0. The zero-order valence-electron chi connectivity index (χ0n) is 13.8. The first-order chi connectivity index (χ1) is 10.4. The van der Waals surface area contributed by atoms with E-state index in [1.807, 2.05) is 19.9 Å². The molecule has 5 heteroatoms. The average Bonchev–Trinajstić information content (AvgIpc) is 2.41. The van der Waals surface area contributed by atoms with Gasteiger partial charge in [-0.15, -0.1) is 0 Å². The molecule has 1 aromatic heterocycles. The van der Waals surface area contributed by atoms with E-state index < -0.39 is 0 Å². The van der Waals surface area contributed by atoms with Crippen LogP contribution in [0.15, 0.2) is 24.3 Å². The number of aromatic nitrogens is 2. The lowest BCUT2D eigenvalue weighted by molar-refractivity contribution is 0.575. The van der Waals surface area contributed by atoms with Gasteiger partial charge in [0.05, 0.1) is 0 Å². The molecule has 0 aliphatic rings. The Hall–Kier alpha value is -1.98. The smallest absolute Gasteiger partial charge is 0.225 e. The molecule has 0 aliphatic carbocycles. The molecule has 1 aromatic carbocycles. The monoisotopic (exact) mass is 299 g/mol. The molecule has 5 nitrogen and oxygen atoms in total. The maximum atomic E-state index is 6.04. The topological polar surface area (TPSA) is 75.9 Å². The van der Waals surface area contributed by atoms with Crippen molar-refractivity contribution in [2.45, 2.75) is 40.4 Å². The molecule has 0 amide bonds. The van der Waals surface area contributed by atoms with Crippen molar-refractivity contribution in [3.05, 3.63) is 52.3 Å². The number of aryl methyl sites for hydroxylation is 4. The van der Waals surface area contributed by atoms with E-state index in [4.69, 9.17) is 5.73 Å². The standard InChI is InChI=1S/C17H25N5/c1-11-5-6-12(2)15(9-11)7-8-19-16(18)22-17-20-13(3)10-14(4)21-17/h5-6,9-10,16,19H,7-8,18H2,1-4H3,(H,20,21,22). The Labute approximate surface area is 132 Å². The van der Waals surface area contributed by atoms with Gasteiger partial charge in [0.25, 0.3) is 0 Å². The molecule has 118 valence electrons. The summed E-state index contributed by atoms with van der Waals surface area (Å²) in [4.78, 5) is 8.65. The maximum absolute atomic E-state index is 6.04. The van der Waals surface area contributed by atoms with Gasteiger partial charge >= 0.3 is 0 Å². The third kappa shape index (κ3) is 4.79. The van der Waals surface area contributed by atoms with Crippen LogP contribution >= 0.6 is 0 Å². The minimum atomic E-state index is -0.369. The number of nitrogens with two attached hydrogens (primary N) is 1. The Morgan fingerprint density at radius 1 is 1.05 bits per heavy atom. The molecular formula is C17H25N5. The van der Waals surface area contributed by atoms with Gasteiger partial charge in [-0.1, -0.05) is 23.8 Å². The summed E-state index contributed by atoms with van der Waals surface area (Å²) in [5, 5.41) is 6.33. The SMILES string of the molecule is Cc1ccc(C)c(CCNC(N)Nc2nc(C)cc(C)n2)c1. The number of hydrogen-bond acceptors (Lipinski definition) is 5. The van der Waals surface area contributed by atoms with Gasteiger partial charge in [0.1, 0.15) is 6.29 Å². The maximum Gasteiger partial charge on any atom is 0.225 e. The van der Waals surface area contributed by atoms with Crippen molar-refractivity contribution in [2.75, 3.05) is 11.9 Å². The first-order valence-corrected chi connectivity index (χ1v) is 7.58. The fourth-order valence-corrected chi connectivity index (χ4v) is 2.41. The van der Waals surface area contributed by atoms with E-state index in [1.54, 1.807) is 0 Å². The van der Waals surface area contributed by atoms with Gasteiger partial charge < -0.3 is 5.32 Å². The summed E-state index contributed by atoms with van der Waals surface area (Å²) >= 11 is 0. The number of nitrogens with one attached hydrogen (secondary N) is 2. The number of hydrogen-bond donors (Lipinski definition) is 3. The van der Waals surface area contributed by atoms with Crippen molar-refractivity contribution in [2.24, 2.45) is 5.73 Å². The van der Waals surface area contributed by atoms with E-state index in [0.717, 1.165) is 24.4 Å².